The maximum absolute atomic E-state index is 11.1. The third-order valence-electron chi connectivity index (χ3n) is 3.74. The summed E-state index contributed by atoms with van der Waals surface area (Å²) < 4.78 is 4.65. The number of hydrogen-bond acceptors (Lipinski definition) is 3. The molecule has 0 aromatic carbocycles. The molecule has 2 fully saturated rings. The van der Waals surface area contributed by atoms with Crippen LogP contribution in [0.1, 0.15) is 32.1 Å². The van der Waals surface area contributed by atoms with Gasteiger partial charge >= 0.3 is 5.97 Å². The lowest BCUT2D eigenvalue weighted by atomic mass is 9.60. The first-order chi connectivity index (χ1) is 6.15. The van der Waals surface area contributed by atoms with Crippen LogP contribution >= 0.6 is 0 Å². The molecule has 0 saturated heterocycles. The van der Waals surface area contributed by atoms with E-state index in [2.05, 4.69) is 4.74 Å². The predicted octanol–water partition coefficient (Wildman–Crippen LogP) is 1.07. The summed E-state index contributed by atoms with van der Waals surface area (Å²) >= 11 is 0. The van der Waals surface area contributed by atoms with Gasteiger partial charge in [0.2, 0.25) is 0 Å². The molecule has 2 N–H and O–H groups in total. The van der Waals surface area contributed by atoms with Crippen LogP contribution in [0.2, 0.25) is 0 Å². The van der Waals surface area contributed by atoms with E-state index in [-0.39, 0.29) is 11.5 Å². The summed E-state index contributed by atoms with van der Waals surface area (Å²) in [5, 5.41) is 0. The monoisotopic (exact) mass is 183 g/mol. The molecular formula is C10H17NO2. The maximum atomic E-state index is 11.1. The first-order valence-electron chi connectivity index (χ1n) is 5.01. The van der Waals surface area contributed by atoms with E-state index in [0.29, 0.717) is 12.3 Å². The Bertz CT molecular complexity index is 229. The molecule has 3 heteroatoms. The number of fused-ring (bicyclic) bond motifs is 1. The van der Waals surface area contributed by atoms with Crippen molar-refractivity contribution in [2.24, 2.45) is 17.6 Å². The quantitative estimate of drug-likeness (QED) is 0.651. The van der Waals surface area contributed by atoms with E-state index in [1.165, 1.54) is 26.4 Å². The third kappa shape index (κ3) is 1.35. The van der Waals surface area contributed by atoms with Gasteiger partial charge in [-0.1, -0.05) is 12.8 Å². The molecule has 0 heterocycles. The highest BCUT2D eigenvalue weighted by atomic mass is 16.5. The zero-order valence-electron chi connectivity index (χ0n) is 8.08. The fourth-order valence-electron chi connectivity index (χ4n) is 3.06. The molecule has 0 aliphatic heterocycles. The molecule has 0 radical (unpaired) electrons. The Labute approximate surface area is 78.6 Å². The van der Waals surface area contributed by atoms with Crippen LogP contribution in [0, 0.1) is 11.8 Å². The zero-order valence-corrected chi connectivity index (χ0v) is 8.08. The molecule has 2 aliphatic carbocycles. The van der Waals surface area contributed by atoms with Gasteiger partial charge in [0.05, 0.1) is 13.5 Å². The van der Waals surface area contributed by atoms with E-state index in [1.807, 2.05) is 0 Å². The second-order valence-electron chi connectivity index (χ2n) is 4.49. The fraction of sp³-hybridized carbons (Fsp3) is 0.900. The average Bonchev–Trinajstić information content (AvgIpc) is 2.47. The van der Waals surface area contributed by atoms with Gasteiger partial charge in [-0.05, 0) is 24.7 Å². The molecule has 2 saturated carbocycles. The Morgan fingerprint density at radius 3 is 3.00 bits per heavy atom. The summed E-state index contributed by atoms with van der Waals surface area (Å²) in [6, 6.07) is 0. The highest BCUT2D eigenvalue weighted by Crippen LogP contribution is 2.53. The van der Waals surface area contributed by atoms with E-state index >= 15 is 0 Å². The van der Waals surface area contributed by atoms with Crippen LogP contribution in [0.3, 0.4) is 0 Å². The summed E-state index contributed by atoms with van der Waals surface area (Å²) in [4.78, 5) is 11.1. The van der Waals surface area contributed by atoms with Crippen molar-refractivity contribution in [1.29, 1.82) is 0 Å². The fourth-order valence-corrected chi connectivity index (χ4v) is 3.06. The van der Waals surface area contributed by atoms with Crippen LogP contribution in [0.4, 0.5) is 0 Å². The summed E-state index contributed by atoms with van der Waals surface area (Å²) in [5.41, 5.74) is 5.94. The lowest BCUT2D eigenvalue weighted by Gasteiger charge is -2.49. The van der Waals surface area contributed by atoms with Gasteiger partial charge in [0.25, 0.3) is 0 Å². The Hall–Kier alpha value is -0.570. The number of rotatable bonds is 2. The average molecular weight is 183 g/mol. The van der Waals surface area contributed by atoms with Gasteiger partial charge in [-0.15, -0.1) is 0 Å². The second kappa shape index (κ2) is 2.98. The van der Waals surface area contributed by atoms with Gasteiger partial charge < -0.3 is 10.5 Å². The molecule has 3 atom stereocenters. The standard InChI is InChI=1S/C10H17NO2/c1-13-9(12)6-10(11)5-7-3-2-4-8(7)10/h7-8H,2-6,11H2,1H3/t7-,8-,10?/m0/s1. The number of carbonyl (C=O) groups is 1. The molecule has 0 spiro atoms. The van der Waals surface area contributed by atoms with Gasteiger partial charge in [-0.25, -0.2) is 0 Å². The van der Waals surface area contributed by atoms with Gasteiger partial charge in [0.1, 0.15) is 0 Å². The number of ether oxygens (including phenoxy) is 1. The number of hydrogen-bond donors (Lipinski definition) is 1. The summed E-state index contributed by atoms with van der Waals surface area (Å²) in [7, 11) is 1.43. The Balaban J connectivity index is 1.95. The van der Waals surface area contributed by atoms with Crippen molar-refractivity contribution in [1.82, 2.24) is 0 Å². The second-order valence-corrected chi connectivity index (χ2v) is 4.49. The molecule has 1 unspecified atom stereocenters. The number of esters is 1. The topological polar surface area (TPSA) is 52.3 Å². The zero-order chi connectivity index (χ0) is 9.47. The van der Waals surface area contributed by atoms with Crippen molar-refractivity contribution < 1.29 is 9.53 Å². The van der Waals surface area contributed by atoms with E-state index in [0.717, 1.165) is 12.3 Å². The molecule has 0 aromatic rings. The Morgan fingerprint density at radius 2 is 2.38 bits per heavy atom. The van der Waals surface area contributed by atoms with E-state index in [9.17, 15) is 4.79 Å². The summed E-state index contributed by atoms with van der Waals surface area (Å²) in [6.07, 6.45) is 5.23. The molecule has 3 nitrogen and oxygen atoms in total. The van der Waals surface area contributed by atoms with Crippen LogP contribution in [-0.2, 0) is 9.53 Å². The van der Waals surface area contributed by atoms with Crippen molar-refractivity contribution in [3.05, 3.63) is 0 Å². The van der Waals surface area contributed by atoms with Crippen molar-refractivity contribution in [3.8, 4) is 0 Å². The van der Waals surface area contributed by atoms with E-state index < -0.39 is 0 Å². The Kier molecular flexibility index (Phi) is 2.06. The minimum Gasteiger partial charge on any atom is -0.469 e. The summed E-state index contributed by atoms with van der Waals surface area (Å²) in [6.45, 7) is 0. The van der Waals surface area contributed by atoms with Crippen LogP contribution < -0.4 is 5.73 Å². The maximum Gasteiger partial charge on any atom is 0.307 e. The van der Waals surface area contributed by atoms with Gasteiger partial charge in [0.15, 0.2) is 0 Å². The normalized spacial score (nSPS) is 42.3. The molecule has 2 rings (SSSR count). The van der Waals surface area contributed by atoms with Crippen molar-refractivity contribution in [3.63, 3.8) is 0 Å². The first-order valence-corrected chi connectivity index (χ1v) is 5.01. The highest BCUT2D eigenvalue weighted by molar-refractivity contribution is 5.71. The SMILES string of the molecule is COC(=O)CC1(N)C[C@@H]2CCC[C@@H]21. The van der Waals surface area contributed by atoms with Crippen LogP contribution in [-0.4, -0.2) is 18.6 Å². The minimum atomic E-state index is -0.228. The van der Waals surface area contributed by atoms with Gasteiger partial charge in [-0.2, -0.15) is 0 Å². The predicted molar refractivity (Wildman–Crippen MR) is 49.0 cm³/mol. The minimum absolute atomic E-state index is 0.159. The highest BCUT2D eigenvalue weighted by Gasteiger charge is 2.53. The lowest BCUT2D eigenvalue weighted by molar-refractivity contribution is -0.144. The largest absolute Gasteiger partial charge is 0.469 e. The van der Waals surface area contributed by atoms with Crippen LogP contribution in [0.5, 0.6) is 0 Å². The molecule has 74 valence electrons. The molecule has 13 heavy (non-hydrogen) atoms. The third-order valence-corrected chi connectivity index (χ3v) is 3.74. The number of nitrogens with two attached hydrogens (primary N) is 1. The van der Waals surface area contributed by atoms with E-state index in [4.69, 9.17) is 5.73 Å². The van der Waals surface area contributed by atoms with Gasteiger partial charge in [0, 0.05) is 5.54 Å². The molecule has 0 amide bonds. The Morgan fingerprint density at radius 1 is 1.62 bits per heavy atom. The van der Waals surface area contributed by atoms with Crippen molar-refractivity contribution >= 4 is 5.97 Å². The lowest BCUT2D eigenvalue weighted by Crippen LogP contribution is -2.59. The van der Waals surface area contributed by atoms with Crippen molar-refractivity contribution in [2.75, 3.05) is 7.11 Å². The number of carbonyl (C=O) groups excluding carboxylic acids is 1. The molecular weight excluding hydrogens is 166 g/mol. The first kappa shape index (κ1) is 9.00. The number of methoxy groups -OCH3 is 1. The molecule has 0 bridgehead atoms. The molecule has 0 aromatic heterocycles. The van der Waals surface area contributed by atoms with Crippen LogP contribution in [0.25, 0.3) is 0 Å². The van der Waals surface area contributed by atoms with Crippen molar-refractivity contribution in [2.45, 2.75) is 37.6 Å². The van der Waals surface area contributed by atoms with E-state index in [1.54, 1.807) is 0 Å². The summed E-state index contributed by atoms with van der Waals surface area (Å²) in [5.74, 6) is 1.23. The smallest absolute Gasteiger partial charge is 0.307 e. The van der Waals surface area contributed by atoms with Crippen LogP contribution in [0.15, 0.2) is 0 Å². The van der Waals surface area contributed by atoms with Gasteiger partial charge in [-0.3, -0.25) is 4.79 Å². The molecule has 2 aliphatic rings.